The summed E-state index contributed by atoms with van der Waals surface area (Å²) in [6.07, 6.45) is 10.7. The van der Waals surface area contributed by atoms with Crippen LogP contribution in [0.15, 0.2) is 0 Å². The van der Waals surface area contributed by atoms with E-state index in [0.29, 0.717) is 12.1 Å². The van der Waals surface area contributed by atoms with E-state index in [2.05, 4.69) is 10.6 Å². The van der Waals surface area contributed by atoms with Crippen molar-refractivity contribution in [1.82, 2.24) is 0 Å². The number of hydrogen-bond acceptors (Lipinski definition) is 0. The Morgan fingerprint density at radius 3 is 1.41 bits per heavy atom. The first kappa shape index (κ1) is 20.5. The molecule has 106 valence electrons. The van der Waals surface area contributed by atoms with Crippen molar-refractivity contribution in [3.05, 3.63) is 10.6 Å². The van der Waals surface area contributed by atoms with E-state index in [0.717, 1.165) is 13.1 Å². The molecule has 0 aromatic heterocycles. The Morgan fingerprint density at radius 2 is 1.12 bits per heavy atom. The summed E-state index contributed by atoms with van der Waals surface area (Å²) in [5.41, 5.74) is 0. The molecule has 2 atom stereocenters. The predicted molar refractivity (Wildman–Crippen MR) is 61.0 cm³/mol. The quantitative estimate of drug-likeness (QED) is 0.496. The van der Waals surface area contributed by atoms with E-state index < -0.39 is 0 Å². The van der Waals surface area contributed by atoms with Crippen molar-refractivity contribution < 1.29 is 45.2 Å². The second-order valence-electron chi connectivity index (χ2n) is 4.69. The molecule has 17 heavy (non-hydrogen) atoms. The Morgan fingerprint density at radius 1 is 0.706 bits per heavy atom. The summed E-state index contributed by atoms with van der Waals surface area (Å²) in [4.78, 5) is 0. The van der Waals surface area contributed by atoms with Crippen LogP contribution in [0, 0.1) is 0 Å². The number of rotatable bonds is 3. The third-order valence-corrected chi connectivity index (χ3v) is 3.50. The molecule has 0 bridgehead atoms. The van der Waals surface area contributed by atoms with Crippen LogP contribution in [0.1, 0.15) is 51.4 Å². The van der Waals surface area contributed by atoms with Gasteiger partial charge in [-0.2, -0.15) is 0 Å². The maximum absolute atomic E-state index is 4.67. The van der Waals surface area contributed by atoms with E-state index in [1.54, 1.807) is 0 Å². The Balaban J connectivity index is 0. The normalized spacial score (nSPS) is 28.2. The molecule has 2 aliphatic heterocycles. The van der Waals surface area contributed by atoms with Crippen molar-refractivity contribution >= 4 is 0 Å². The number of halogens is 2. The van der Waals surface area contributed by atoms with E-state index in [1.165, 1.54) is 51.4 Å². The average Bonchev–Trinajstić information content (AvgIpc) is 2.29. The van der Waals surface area contributed by atoms with E-state index in [4.69, 9.17) is 0 Å². The zero-order valence-electron chi connectivity index (χ0n) is 10.2. The van der Waals surface area contributed by atoms with Crippen LogP contribution in [0.5, 0.6) is 0 Å². The molecule has 0 aliphatic carbocycles. The fraction of sp³-hybridized carbons (Fsp3) is 1.00. The molecule has 2 aliphatic rings. The van der Waals surface area contributed by atoms with E-state index in [-0.39, 0.29) is 45.2 Å². The van der Waals surface area contributed by atoms with Gasteiger partial charge < -0.3 is 35.4 Å². The molecule has 0 aromatic rings. The van der Waals surface area contributed by atoms with Crippen molar-refractivity contribution in [2.45, 2.75) is 63.5 Å². The smallest absolute Gasteiger partial charge is 1.00 e. The Bertz CT molecular complexity index is 143. The Kier molecular flexibility index (Phi) is 14.7. The molecule has 0 N–H and O–H groups in total. The van der Waals surface area contributed by atoms with Crippen molar-refractivity contribution in [3.8, 4) is 0 Å². The minimum absolute atomic E-state index is 0. The summed E-state index contributed by atoms with van der Waals surface area (Å²) >= 11 is 0. The van der Waals surface area contributed by atoms with Gasteiger partial charge in [-0.25, -0.2) is 0 Å². The van der Waals surface area contributed by atoms with E-state index in [9.17, 15) is 0 Å². The molecule has 0 amide bonds. The van der Waals surface area contributed by atoms with Gasteiger partial charge in [-0.1, -0.05) is 51.4 Å². The third-order valence-electron chi connectivity index (χ3n) is 3.50. The summed E-state index contributed by atoms with van der Waals surface area (Å²) in [6.45, 7) is 2.24. The van der Waals surface area contributed by atoms with E-state index in [1.807, 2.05) is 0 Å². The maximum atomic E-state index is 4.67. The van der Waals surface area contributed by atoms with Crippen LogP contribution in [0.3, 0.4) is 0 Å². The minimum atomic E-state index is 0. The van der Waals surface area contributed by atoms with Crippen LogP contribution >= 0.6 is 0 Å². The molecule has 2 rings (SSSR count). The molecule has 0 saturated carbocycles. The van der Waals surface area contributed by atoms with Crippen molar-refractivity contribution in [2.24, 2.45) is 0 Å². The second kappa shape index (κ2) is 12.2. The van der Waals surface area contributed by atoms with Crippen LogP contribution in [0.25, 0.3) is 10.6 Å². The van der Waals surface area contributed by atoms with Crippen LogP contribution in [-0.4, -0.2) is 25.2 Å². The van der Waals surface area contributed by atoms with Crippen LogP contribution in [0.4, 0.5) is 0 Å². The summed E-state index contributed by atoms with van der Waals surface area (Å²) in [6, 6.07) is 1.36. The first-order valence-electron chi connectivity index (χ1n) is 6.28. The van der Waals surface area contributed by atoms with Gasteiger partial charge in [0.1, 0.15) is 0 Å². The van der Waals surface area contributed by atoms with Crippen molar-refractivity contribution in [2.75, 3.05) is 13.1 Å². The summed E-state index contributed by atoms with van der Waals surface area (Å²) in [5, 5.41) is 9.34. The number of hydrogen-bond donors (Lipinski definition) is 0. The van der Waals surface area contributed by atoms with Crippen molar-refractivity contribution in [1.29, 1.82) is 0 Å². The Labute approximate surface area is 132 Å². The number of piperidine rings is 2. The summed E-state index contributed by atoms with van der Waals surface area (Å²) < 4.78 is 0. The van der Waals surface area contributed by atoms with Gasteiger partial charge in [0.15, 0.2) is 0 Å². The topological polar surface area (TPSA) is 28.2 Å². The second-order valence-corrected chi connectivity index (χ2v) is 4.69. The third kappa shape index (κ3) is 8.03. The van der Waals surface area contributed by atoms with Gasteiger partial charge in [-0.05, 0) is 0 Å². The van der Waals surface area contributed by atoms with Gasteiger partial charge in [-0.15, -0.1) is 25.2 Å². The fourth-order valence-corrected chi connectivity index (χ4v) is 2.57. The van der Waals surface area contributed by atoms with Gasteiger partial charge in [0.25, 0.3) is 0 Å². The van der Waals surface area contributed by atoms with Gasteiger partial charge in [0.05, 0.1) is 0 Å². The first-order chi connectivity index (χ1) is 6.95. The molecule has 0 spiro atoms. The zero-order valence-corrected chi connectivity index (χ0v) is 13.3. The summed E-state index contributed by atoms with van der Waals surface area (Å²) in [7, 11) is 0. The van der Waals surface area contributed by atoms with Crippen molar-refractivity contribution in [3.63, 3.8) is 0 Å². The molecular formula is C12H22Cl2N2Pd-2. The van der Waals surface area contributed by atoms with Crippen LogP contribution < -0.4 is 24.8 Å². The number of nitrogens with zero attached hydrogens (tertiary/aromatic N) is 2. The predicted octanol–water partition coefficient (Wildman–Crippen LogP) is -2.38. The molecule has 2 fully saturated rings. The van der Waals surface area contributed by atoms with Crippen LogP contribution in [0.2, 0.25) is 0 Å². The maximum Gasteiger partial charge on any atom is 2.00 e. The first-order valence-corrected chi connectivity index (χ1v) is 6.28. The van der Waals surface area contributed by atoms with Gasteiger partial charge in [-0.3, -0.25) is 0 Å². The molecule has 2 heterocycles. The minimum Gasteiger partial charge on any atom is -1.00 e. The molecular weight excluding hydrogens is 349 g/mol. The molecule has 0 aromatic carbocycles. The largest absolute Gasteiger partial charge is 2.00 e. The van der Waals surface area contributed by atoms with Gasteiger partial charge in [0.2, 0.25) is 0 Å². The fourth-order valence-electron chi connectivity index (χ4n) is 2.57. The monoisotopic (exact) mass is 370 g/mol. The SMILES string of the molecule is C1CCC(CCC2CCCC[N-]2)[N-]C1.[Cl-].[Cl-].[Pd+2]. The standard InChI is InChI=1S/C12H22N2.2ClH.Pd/c1-3-9-13-11(5-1)7-8-12-6-2-4-10-14-12;;;/h11-12H,1-10H2;2*1H;/q-2;;;+2/p-2. The molecule has 2 unspecified atom stereocenters. The van der Waals surface area contributed by atoms with E-state index >= 15 is 0 Å². The zero-order chi connectivity index (χ0) is 9.64. The van der Waals surface area contributed by atoms with Gasteiger partial charge in [0, 0.05) is 0 Å². The van der Waals surface area contributed by atoms with Gasteiger partial charge >= 0.3 is 20.4 Å². The Hall–Kier alpha value is 1.16. The molecule has 0 radical (unpaired) electrons. The summed E-state index contributed by atoms with van der Waals surface area (Å²) in [5.74, 6) is 0. The average molecular weight is 372 g/mol. The molecule has 2 saturated heterocycles. The molecule has 5 heteroatoms. The molecule has 2 nitrogen and oxygen atoms in total. The van der Waals surface area contributed by atoms with Crippen LogP contribution in [-0.2, 0) is 20.4 Å².